The predicted molar refractivity (Wildman–Crippen MR) is 156 cm³/mol. The Labute approximate surface area is 242 Å². The first-order chi connectivity index (χ1) is 20.2. The highest BCUT2D eigenvalue weighted by Crippen LogP contribution is 2.31. The van der Waals surface area contributed by atoms with Crippen molar-refractivity contribution >= 4 is 23.0 Å². The SMILES string of the molecule is CCCOc1ccc(C(NCC2CC2)c2cccc(NC(=O)C(C=C(N)C(F)(F)F)=Nc3cccc(C#N)c3)c2)cc1. The van der Waals surface area contributed by atoms with E-state index in [0.717, 1.165) is 29.8 Å². The molecule has 1 aliphatic carbocycles. The molecule has 4 rings (SSSR count). The number of nitrogens with zero attached hydrogens (tertiary/aromatic N) is 2. The highest BCUT2D eigenvalue weighted by atomic mass is 19.4. The summed E-state index contributed by atoms with van der Waals surface area (Å²) in [6, 6.07) is 22.5. The van der Waals surface area contributed by atoms with Crippen molar-refractivity contribution in [2.45, 2.75) is 38.4 Å². The molecule has 3 aromatic carbocycles. The number of hydrogen-bond donors (Lipinski definition) is 3. The zero-order valence-corrected chi connectivity index (χ0v) is 23.1. The van der Waals surface area contributed by atoms with Crippen LogP contribution in [-0.2, 0) is 4.79 Å². The zero-order chi connectivity index (χ0) is 30.1. The van der Waals surface area contributed by atoms with Crippen LogP contribution >= 0.6 is 0 Å². The van der Waals surface area contributed by atoms with Gasteiger partial charge in [0, 0.05) is 5.69 Å². The molecule has 4 N–H and O–H groups in total. The number of nitrogens with one attached hydrogen (secondary N) is 2. The van der Waals surface area contributed by atoms with Gasteiger partial charge in [0.15, 0.2) is 0 Å². The van der Waals surface area contributed by atoms with Crippen molar-refractivity contribution in [1.29, 1.82) is 5.26 Å². The monoisotopic (exact) mass is 575 g/mol. The number of alkyl halides is 3. The van der Waals surface area contributed by atoms with Gasteiger partial charge in [0.25, 0.3) is 5.91 Å². The molecule has 1 fully saturated rings. The van der Waals surface area contributed by atoms with E-state index in [1.54, 1.807) is 18.2 Å². The number of benzene rings is 3. The number of carbonyl (C=O) groups excluding carboxylic acids is 1. The second-order valence-electron chi connectivity index (χ2n) is 10.0. The van der Waals surface area contributed by atoms with Crippen LogP contribution in [0.5, 0.6) is 5.75 Å². The van der Waals surface area contributed by atoms with Crippen LogP contribution in [0.3, 0.4) is 0 Å². The number of rotatable bonds is 12. The Kier molecular flexibility index (Phi) is 9.99. The van der Waals surface area contributed by atoms with Gasteiger partial charge in [-0.05, 0) is 91.4 Å². The van der Waals surface area contributed by atoms with Gasteiger partial charge < -0.3 is 21.1 Å². The highest BCUT2D eigenvalue weighted by Gasteiger charge is 2.32. The Morgan fingerprint density at radius 1 is 1.12 bits per heavy atom. The van der Waals surface area contributed by atoms with E-state index in [2.05, 4.69) is 15.6 Å². The third-order valence-corrected chi connectivity index (χ3v) is 6.55. The molecule has 0 bridgehead atoms. The molecule has 1 saturated carbocycles. The molecule has 1 unspecified atom stereocenters. The Morgan fingerprint density at radius 2 is 1.86 bits per heavy atom. The molecule has 1 amide bonds. The van der Waals surface area contributed by atoms with Crippen molar-refractivity contribution in [3.05, 3.63) is 101 Å². The molecule has 218 valence electrons. The van der Waals surface area contributed by atoms with Gasteiger partial charge >= 0.3 is 6.18 Å². The van der Waals surface area contributed by atoms with Crippen LogP contribution in [-0.4, -0.2) is 30.9 Å². The number of allylic oxidation sites excluding steroid dienone is 1. The summed E-state index contributed by atoms with van der Waals surface area (Å²) in [5.41, 5.74) is 5.81. The lowest BCUT2D eigenvalue weighted by Crippen LogP contribution is -2.27. The molecule has 0 aromatic heterocycles. The van der Waals surface area contributed by atoms with E-state index < -0.39 is 23.5 Å². The van der Waals surface area contributed by atoms with Gasteiger partial charge in [-0.25, -0.2) is 4.99 Å². The number of anilines is 1. The van der Waals surface area contributed by atoms with E-state index in [4.69, 9.17) is 15.7 Å². The number of aliphatic imine (C=N–C) groups is 1. The van der Waals surface area contributed by atoms with Crippen LogP contribution < -0.4 is 21.1 Å². The van der Waals surface area contributed by atoms with Crippen molar-refractivity contribution in [2.24, 2.45) is 16.6 Å². The van der Waals surface area contributed by atoms with E-state index in [9.17, 15) is 18.0 Å². The molecule has 7 nitrogen and oxygen atoms in total. The minimum Gasteiger partial charge on any atom is -0.494 e. The lowest BCUT2D eigenvalue weighted by atomic mass is 9.97. The Bertz CT molecular complexity index is 1490. The van der Waals surface area contributed by atoms with E-state index in [1.165, 1.54) is 37.1 Å². The first kappa shape index (κ1) is 30.3. The standard InChI is InChI=1S/C32H32F3N5O2/c1-2-15-42-27-13-11-23(12-14-27)30(38-20-21-9-10-21)24-6-4-8-26(17-24)40-31(41)28(18-29(37)32(33,34)35)39-25-7-3-5-22(16-25)19-36/h3-8,11-14,16-18,21,30,38H,2,9-10,15,20,37H2,1H3,(H,40,41). The largest absolute Gasteiger partial charge is 0.494 e. The smallest absolute Gasteiger partial charge is 0.430 e. The van der Waals surface area contributed by atoms with Gasteiger partial charge in [0.1, 0.15) is 17.2 Å². The summed E-state index contributed by atoms with van der Waals surface area (Å²) in [6.45, 7) is 3.50. The quantitative estimate of drug-likeness (QED) is 0.212. The molecule has 0 saturated heterocycles. The highest BCUT2D eigenvalue weighted by molar-refractivity contribution is 6.47. The average Bonchev–Trinajstić information content (AvgIpc) is 3.81. The maximum atomic E-state index is 13.2. The Hall–Kier alpha value is -4.62. The molecule has 0 spiro atoms. The Morgan fingerprint density at radius 3 is 2.52 bits per heavy atom. The van der Waals surface area contributed by atoms with Crippen LogP contribution in [0.25, 0.3) is 0 Å². The maximum absolute atomic E-state index is 13.2. The minimum atomic E-state index is -4.85. The lowest BCUT2D eigenvalue weighted by Gasteiger charge is -2.21. The first-order valence-electron chi connectivity index (χ1n) is 13.7. The summed E-state index contributed by atoms with van der Waals surface area (Å²) in [6.07, 6.45) is -1.11. The van der Waals surface area contributed by atoms with Crippen LogP contribution in [0, 0.1) is 17.2 Å². The number of amides is 1. The summed E-state index contributed by atoms with van der Waals surface area (Å²) in [5, 5.41) is 15.4. The summed E-state index contributed by atoms with van der Waals surface area (Å²) < 4.78 is 45.4. The van der Waals surface area contributed by atoms with Gasteiger partial charge in [0.05, 0.1) is 30.0 Å². The third kappa shape index (κ3) is 8.69. The van der Waals surface area contributed by atoms with Gasteiger partial charge in [-0.2, -0.15) is 18.4 Å². The normalized spacial score (nSPS) is 14.6. The average molecular weight is 576 g/mol. The summed E-state index contributed by atoms with van der Waals surface area (Å²) >= 11 is 0. The molecule has 1 aliphatic rings. The van der Waals surface area contributed by atoms with Crippen molar-refractivity contribution in [2.75, 3.05) is 18.5 Å². The molecular formula is C32H32F3N5O2. The van der Waals surface area contributed by atoms with E-state index >= 15 is 0 Å². The fourth-order valence-electron chi connectivity index (χ4n) is 4.16. The molecule has 0 radical (unpaired) electrons. The number of nitriles is 1. The van der Waals surface area contributed by atoms with Crippen LogP contribution in [0.4, 0.5) is 24.5 Å². The van der Waals surface area contributed by atoms with Crippen molar-refractivity contribution in [1.82, 2.24) is 5.32 Å². The van der Waals surface area contributed by atoms with E-state index in [0.29, 0.717) is 24.3 Å². The van der Waals surface area contributed by atoms with Gasteiger partial charge in [-0.15, -0.1) is 0 Å². The number of carbonyl (C=O) groups is 1. The van der Waals surface area contributed by atoms with Crippen molar-refractivity contribution in [3.8, 4) is 11.8 Å². The van der Waals surface area contributed by atoms with Gasteiger partial charge in [0.2, 0.25) is 0 Å². The minimum absolute atomic E-state index is 0.134. The van der Waals surface area contributed by atoms with Gasteiger partial charge in [-0.3, -0.25) is 4.79 Å². The van der Waals surface area contributed by atoms with E-state index in [-0.39, 0.29) is 17.3 Å². The van der Waals surface area contributed by atoms with Crippen LogP contribution in [0.15, 0.2) is 89.6 Å². The third-order valence-electron chi connectivity index (χ3n) is 6.55. The first-order valence-corrected chi connectivity index (χ1v) is 13.7. The van der Waals surface area contributed by atoms with Crippen LogP contribution in [0.2, 0.25) is 0 Å². The molecule has 10 heteroatoms. The number of halogens is 3. The maximum Gasteiger partial charge on any atom is 0.430 e. The zero-order valence-electron chi connectivity index (χ0n) is 23.1. The van der Waals surface area contributed by atoms with Crippen molar-refractivity contribution < 1.29 is 22.7 Å². The molecule has 42 heavy (non-hydrogen) atoms. The summed E-state index contributed by atoms with van der Waals surface area (Å²) in [5.74, 6) is 0.509. The molecule has 3 aromatic rings. The van der Waals surface area contributed by atoms with Crippen LogP contribution in [0.1, 0.15) is 48.9 Å². The van der Waals surface area contributed by atoms with E-state index in [1.807, 2.05) is 43.3 Å². The fraction of sp³-hybridized carbons (Fsp3) is 0.281. The second kappa shape index (κ2) is 13.8. The second-order valence-corrected chi connectivity index (χ2v) is 10.0. The topological polar surface area (TPSA) is 113 Å². The number of nitrogens with two attached hydrogens (primary N) is 1. The van der Waals surface area contributed by atoms with Gasteiger partial charge in [-0.1, -0.05) is 37.3 Å². The summed E-state index contributed by atoms with van der Waals surface area (Å²) in [4.78, 5) is 17.3. The summed E-state index contributed by atoms with van der Waals surface area (Å²) in [7, 11) is 0. The number of ether oxygens (including phenoxy) is 1. The lowest BCUT2D eigenvalue weighted by molar-refractivity contribution is -0.110. The molecule has 0 aliphatic heterocycles. The molecule has 1 atom stereocenters. The van der Waals surface area contributed by atoms with Crippen molar-refractivity contribution in [3.63, 3.8) is 0 Å². The predicted octanol–water partition coefficient (Wildman–Crippen LogP) is 6.55. The Balaban J connectivity index is 1.62. The number of hydrogen-bond acceptors (Lipinski definition) is 6. The fourth-order valence-corrected chi connectivity index (χ4v) is 4.16. The molecule has 0 heterocycles. The molecular weight excluding hydrogens is 543 g/mol.